The van der Waals surface area contributed by atoms with Crippen LogP contribution >= 0.6 is 24.0 Å². The van der Waals surface area contributed by atoms with Crippen molar-refractivity contribution in [3.05, 3.63) is 35.9 Å². The van der Waals surface area contributed by atoms with Crippen LogP contribution in [0.25, 0.3) is 0 Å². The minimum absolute atomic E-state index is 0. The van der Waals surface area contributed by atoms with Crippen molar-refractivity contribution < 1.29 is 8.42 Å². The fourth-order valence-electron chi connectivity index (χ4n) is 3.10. The van der Waals surface area contributed by atoms with E-state index in [1.54, 1.807) is 0 Å². The van der Waals surface area contributed by atoms with Gasteiger partial charge in [-0.1, -0.05) is 30.3 Å². The van der Waals surface area contributed by atoms with Crippen molar-refractivity contribution in [3.63, 3.8) is 0 Å². The van der Waals surface area contributed by atoms with Crippen molar-refractivity contribution in [2.45, 2.75) is 25.8 Å². The number of halogens is 1. The molecule has 0 amide bonds. The Morgan fingerprint density at radius 2 is 1.81 bits per heavy atom. The quantitative estimate of drug-likeness (QED) is 0.204. The summed E-state index contributed by atoms with van der Waals surface area (Å²) in [5, 5.41) is 6.40. The highest BCUT2D eigenvalue weighted by atomic mass is 127. The number of likely N-dealkylation sites (tertiary alicyclic amines) is 1. The van der Waals surface area contributed by atoms with Crippen molar-refractivity contribution in [2.24, 2.45) is 4.99 Å². The van der Waals surface area contributed by atoms with Gasteiger partial charge in [-0.2, -0.15) is 0 Å². The van der Waals surface area contributed by atoms with Gasteiger partial charge in [0.1, 0.15) is 0 Å². The second-order valence-electron chi connectivity index (χ2n) is 6.48. The Hall–Kier alpha value is -0.910. The van der Waals surface area contributed by atoms with Gasteiger partial charge in [0.15, 0.2) is 5.96 Å². The predicted molar refractivity (Wildman–Crippen MR) is 122 cm³/mol. The van der Waals surface area contributed by atoms with Crippen LogP contribution in [0.3, 0.4) is 0 Å². The lowest BCUT2D eigenvalue weighted by atomic mass is 10.1. The zero-order valence-corrected chi connectivity index (χ0v) is 19.3. The smallest absolute Gasteiger partial charge is 0.208 e. The fraction of sp³-hybridized carbons (Fsp3) is 0.611. The molecule has 1 aliphatic rings. The Morgan fingerprint density at radius 3 is 2.41 bits per heavy atom. The van der Waals surface area contributed by atoms with Crippen molar-refractivity contribution in [1.82, 2.24) is 20.3 Å². The summed E-state index contributed by atoms with van der Waals surface area (Å²) < 4.78 is 24.7. The van der Waals surface area contributed by atoms with E-state index in [2.05, 4.69) is 44.5 Å². The minimum Gasteiger partial charge on any atom is -0.357 e. The first-order valence-corrected chi connectivity index (χ1v) is 11.1. The van der Waals surface area contributed by atoms with Crippen LogP contribution in [0.5, 0.6) is 0 Å². The second-order valence-corrected chi connectivity index (χ2v) is 8.32. The summed E-state index contributed by atoms with van der Waals surface area (Å²) in [7, 11) is -3.16. The van der Waals surface area contributed by atoms with Crippen LogP contribution in [-0.4, -0.2) is 64.8 Å². The maximum absolute atomic E-state index is 11.1. The van der Waals surface area contributed by atoms with Crippen molar-refractivity contribution >= 4 is 40.0 Å². The van der Waals surface area contributed by atoms with Gasteiger partial charge in [0.05, 0.1) is 18.8 Å². The Bertz CT molecular complexity index is 664. The number of hydrogen-bond acceptors (Lipinski definition) is 4. The van der Waals surface area contributed by atoms with Gasteiger partial charge in [-0.05, 0) is 38.4 Å². The molecule has 0 aromatic heterocycles. The zero-order valence-electron chi connectivity index (χ0n) is 16.1. The molecule has 1 aliphatic heterocycles. The number of nitrogens with one attached hydrogen (secondary N) is 3. The van der Waals surface area contributed by atoms with E-state index in [-0.39, 0.29) is 30.0 Å². The van der Waals surface area contributed by atoms with Crippen molar-refractivity contribution in [3.8, 4) is 0 Å². The Kier molecular flexibility index (Phi) is 11.2. The molecule has 9 heteroatoms. The number of nitrogens with zero attached hydrogens (tertiary/aromatic N) is 2. The molecule has 1 aromatic rings. The highest BCUT2D eigenvalue weighted by Crippen LogP contribution is 2.25. The largest absolute Gasteiger partial charge is 0.357 e. The van der Waals surface area contributed by atoms with Gasteiger partial charge < -0.3 is 10.6 Å². The van der Waals surface area contributed by atoms with E-state index in [9.17, 15) is 8.42 Å². The maximum atomic E-state index is 11.1. The van der Waals surface area contributed by atoms with Crippen LogP contribution in [0, 0.1) is 0 Å². The second kappa shape index (κ2) is 12.5. The number of guanidine groups is 1. The van der Waals surface area contributed by atoms with E-state index < -0.39 is 10.0 Å². The van der Waals surface area contributed by atoms with Crippen LogP contribution < -0.4 is 15.4 Å². The van der Waals surface area contributed by atoms with Crippen LogP contribution in [0.15, 0.2) is 35.3 Å². The summed E-state index contributed by atoms with van der Waals surface area (Å²) in [6.45, 7) is 6.47. The molecule has 1 saturated heterocycles. The molecule has 0 saturated carbocycles. The highest BCUT2D eigenvalue weighted by molar-refractivity contribution is 14.0. The topological polar surface area (TPSA) is 85.8 Å². The molecule has 1 unspecified atom stereocenters. The zero-order chi connectivity index (χ0) is 18.8. The molecule has 3 N–H and O–H groups in total. The summed E-state index contributed by atoms with van der Waals surface area (Å²) in [5.41, 5.74) is 1.28. The minimum atomic E-state index is -3.16. The average Bonchev–Trinajstić information content (AvgIpc) is 3.13. The number of benzene rings is 1. The maximum Gasteiger partial charge on any atom is 0.208 e. The lowest BCUT2D eigenvalue weighted by Gasteiger charge is -2.27. The van der Waals surface area contributed by atoms with E-state index in [1.807, 2.05) is 13.0 Å². The first-order valence-electron chi connectivity index (χ1n) is 9.25. The van der Waals surface area contributed by atoms with E-state index in [0.717, 1.165) is 25.9 Å². The normalized spacial score (nSPS) is 16.6. The molecule has 0 aliphatic carbocycles. The first-order chi connectivity index (χ1) is 12.5. The van der Waals surface area contributed by atoms with E-state index >= 15 is 0 Å². The summed E-state index contributed by atoms with van der Waals surface area (Å²) in [5.74, 6) is 0.711. The molecule has 2 rings (SSSR count). The molecule has 7 nitrogen and oxygen atoms in total. The third kappa shape index (κ3) is 9.22. The van der Waals surface area contributed by atoms with Gasteiger partial charge in [-0.3, -0.25) is 9.89 Å². The number of hydrogen-bond donors (Lipinski definition) is 3. The van der Waals surface area contributed by atoms with Gasteiger partial charge in [-0.25, -0.2) is 13.1 Å². The number of sulfonamides is 1. The molecule has 1 fully saturated rings. The fourth-order valence-corrected chi connectivity index (χ4v) is 3.57. The summed E-state index contributed by atoms with van der Waals surface area (Å²) in [4.78, 5) is 7.24. The van der Waals surface area contributed by atoms with Gasteiger partial charge >= 0.3 is 0 Å². The Balaban J connectivity index is 0.00000364. The lowest BCUT2D eigenvalue weighted by Crippen LogP contribution is -2.42. The summed E-state index contributed by atoms with van der Waals surface area (Å²) in [6.07, 6.45) is 3.64. The molecule has 0 spiro atoms. The monoisotopic (exact) mass is 509 g/mol. The highest BCUT2D eigenvalue weighted by Gasteiger charge is 2.23. The van der Waals surface area contributed by atoms with Crippen LogP contribution in [0.1, 0.15) is 31.4 Å². The average molecular weight is 509 g/mol. The van der Waals surface area contributed by atoms with Gasteiger partial charge in [0, 0.05) is 19.6 Å². The molecular weight excluding hydrogens is 477 g/mol. The molecule has 1 aromatic carbocycles. The van der Waals surface area contributed by atoms with Gasteiger partial charge in [-0.15, -0.1) is 24.0 Å². The number of rotatable bonds is 9. The standard InChI is InChI=1S/C18H31N5O2S.HI/c1-3-19-18(20-11-12-22-26(2,24)25)21-15-17(23-13-7-8-14-23)16-9-5-4-6-10-16;/h4-6,9-10,17,22H,3,7-8,11-15H2,1-2H3,(H2,19,20,21);1H. The molecule has 1 atom stereocenters. The van der Waals surface area contributed by atoms with Crippen molar-refractivity contribution in [1.29, 1.82) is 0 Å². The van der Waals surface area contributed by atoms with Gasteiger partial charge in [0.2, 0.25) is 10.0 Å². The Labute approximate surface area is 180 Å². The van der Waals surface area contributed by atoms with Crippen LogP contribution in [-0.2, 0) is 10.0 Å². The molecule has 0 bridgehead atoms. The molecule has 154 valence electrons. The molecular formula is C18H32IN5O2S. The molecule has 1 heterocycles. The summed E-state index contributed by atoms with van der Waals surface area (Å²) in [6, 6.07) is 10.8. The van der Waals surface area contributed by atoms with Crippen LogP contribution in [0.2, 0.25) is 0 Å². The van der Waals surface area contributed by atoms with E-state index in [4.69, 9.17) is 4.99 Å². The summed E-state index contributed by atoms with van der Waals surface area (Å²) >= 11 is 0. The predicted octanol–water partition coefficient (Wildman–Crippen LogP) is 1.55. The third-order valence-corrected chi connectivity index (χ3v) is 5.04. The van der Waals surface area contributed by atoms with Crippen molar-refractivity contribution in [2.75, 3.05) is 45.5 Å². The van der Waals surface area contributed by atoms with E-state index in [1.165, 1.54) is 18.4 Å². The molecule has 27 heavy (non-hydrogen) atoms. The molecule has 0 radical (unpaired) electrons. The number of aliphatic imine (C=N–C) groups is 1. The van der Waals surface area contributed by atoms with Gasteiger partial charge in [0.25, 0.3) is 0 Å². The first kappa shape index (κ1) is 24.1. The van der Waals surface area contributed by atoms with Crippen LogP contribution in [0.4, 0.5) is 0 Å². The lowest BCUT2D eigenvalue weighted by molar-refractivity contribution is 0.251. The Morgan fingerprint density at radius 1 is 1.15 bits per heavy atom. The SMILES string of the molecule is CCNC(=NCC(c1ccccc1)N1CCCC1)NCCNS(C)(=O)=O.I. The third-order valence-electron chi connectivity index (χ3n) is 4.31. The van der Waals surface area contributed by atoms with E-state index in [0.29, 0.717) is 25.6 Å².